The number of nitrogens with one attached hydrogen (secondary N) is 3. The van der Waals surface area contributed by atoms with Crippen LogP contribution in [0.5, 0.6) is 5.75 Å². The van der Waals surface area contributed by atoms with Crippen LogP contribution in [0.2, 0.25) is 0 Å². The molecule has 2 saturated heterocycles. The van der Waals surface area contributed by atoms with Gasteiger partial charge in [-0.1, -0.05) is 6.07 Å². The fourth-order valence-corrected chi connectivity index (χ4v) is 8.26. The minimum Gasteiger partial charge on any atom is -0.495 e. The lowest BCUT2D eigenvalue weighted by molar-refractivity contribution is -0.142. The summed E-state index contributed by atoms with van der Waals surface area (Å²) in [5, 5.41) is 12.6. The van der Waals surface area contributed by atoms with Crippen LogP contribution in [-0.2, 0) is 46.5 Å². The van der Waals surface area contributed by atoms with Gasteiger partial charge in [-0.25, -0.2) is 9.97 Å². The number of carbonyl (C=O) groups excluding carboxylic acids is 1. The van der Waals surface area contributed by atoms with Gasteiger partial charge in [0, 0.05) is 30.6 Å². The van der Waals surface area contributed by atoms with E-state index in [4.69, 9.17) is 27.8 Å². The SMILES string of the molecule is CCNC(=O)c1nc(Br)ccc1Nc1nc(Nc2ccc(CP(=O)(OCC)OCC3(Cn4cc(B5OC(C)(C)C(C)(C)O5)cn4)COC3)cc2OC)ncc1C(F)(F)F. The van der Waals surface area contributed by atoms with Gasteiger partial charge in [0.05, 0.1) is 74.2 Å². The molecule has 3 aromatic heterocycles. The number of methoxy groups -OCH3 is 1. The van der Waals surface area contributed by atoms with Crippen molar-refractivity contribution in [1.82, 2.24) is 30.0 Å². The predicted octanol–water partition coefficient (Wildman–Crippen LogP) is 6.86. The summed E-state index contributed by atoms with van der Waals surface area (Å²) in [6.07, 6.45) is -0.753. The molecule has 1 aromatic carbocycles. The first kappa shape index (κ1) is 44.4. The molecule has 2 aliphatic rings. The number of halogens is 4. The zero-order valence-corrected chi connectivity index (χ0v) is 36.1. The van der Waals surface area contributed by atoms with Gasteiger partial charge in [-0.2, -0.15) is 23.3 Å². The molecule has 5 heterocycles. The topological polar surface area (TPSA) is 182 Å². The minimum absolute atomic E-state index is 0.0126. The van der Waals surface area contributed by atoms with Gasteiger partial charge in [0.2, 0.25) is 5.95 Å². The van der Waals surface area contributed by atoms with Crippen LogP contribution in [0.1, 0.15) is 63.2 Å². The number of alkyl halides is 3. The van der Waals surface area contributed by atoms with Crippen molar-refractivity contribution < 1.29 is 50.4 Å². The van der Waals surface area contributed by atoms with Crippen LogP contribution in [-0.4, -0.2) is 89.0 Å². The van der Waals surface area contributed by atoms with E-state index in [1.165, 1.54) is 19.2 Å². The Balaban J connectivity index is 1.16. The molecule has 1 atom stereocenters. The van der Waals surface area contributed by atoms with Gasteiger partial charge in [-0.05, 0) is 87.3 Å². The highest BCUT2D eigenvalue weighted by Crippen LogP contribution is 2.53. The molecule has 16 nitrogen and oxygen atoms in total. The van der Waals surface area contributed by atoms with E-state index in [1.54, 1.807) is 42.9 Å². The molecule has 0 saturated carbocycles. The average molecular weight is 910 g/mol. The van der Waals surface area contributed by atoms with Crippen molar-refractivity contribution in [3.63, 3.8) is 0 Å². The number of nitrogens with zero attached hydrogens (tertiary/aromatic N) is 5. The molecule has 2 aliphatic heterocycles. The molecule has 0 radical (unpaired) electrons. The van der Waals surface area contributed by atoms with E-state index in [0.717, 1.165) is 5.46 Å². The zero-order valence-electron chi connectivity index (χ0n) is 33.6. The number of hydrogen-bond donors (Lipinski definition) is 3. The van der Waals surface area contributed by atoms with Gasteiger partial charge in [-0.15, -0.1) is 0 Å². The summed E-state index contributed by atoms with van der Waals surface area (Å²) >= 11 is 3.19. The first-order valence-electron chi connectivity index (χ1n) is 18.7. The second-order valence-electron chi connectivity index (χ2n) is 15.1. The second kappa shape index (κ2) is 17.5. The Morgan fingerprint density at radius 3 is 2.36 bits per heavy atom. The van der Waals surface area contributed by atoms with E-state index in [0.29, 0.717) is 41.8 Å². The lowest BCUT2D eigenvalue weighted by Gasteiger charge is -2.41. The van der Waals surface area contributed by atoms with E-state index in [-0.39, 0.29) is 49.0 Å². The number of benzene rings is 1. The molecule has 6 rings (SSSR count). The van der Waals surface area contributed by atoms with E-state index in [9.17, 15) is 22.5 Å². The van der Waals surface area contributed by atoms with Gasteiger partial charge in [0.25, 0.3) is 5.91 Å². The quantitative estimate of drug-likeness (QED) is 0.0568. The molecule has 0 bridgehead atoms. The molecule has 1 unspecified atom stereocenters. The molecule has 0 spiro atoms. The first-order valence-corrected chi connectivity index (χ1v) is 21.2. The number of carbonyl (C=O) groups is 1. The normalized spacial score (nSPS) is 17.8. The standard InChI is InChI=1S/C37H46BBrF3N8O8P/c1-8-43-32(51)30-27(12-13-29(39)48-30)46-31-25(37(40,41)42)16-44-33(49-31)47-26-11-10-23(14-28(26)53-7)18-59(52,55-9-2)56-22-36(20-54-21-36)19-50-17-24(15-45-50)38-57-34(3,4)35(5,6)58-38/h10-17H,8-9,18-22H2,1-7H3,(H,43,51)(H2,44,46,47,49). The third-order valence-corrected chi connectivity index (χ3v) is 12.4. The van der Waals surface area contributed by atoms with Gasteiger partial charge >= 0.3 is 20.9 Å². The Bertz CT molecular complexity index is 2190. The van der Waals surface area contributed by atoms with Crippen molar-refractivity contribution in [2.45, 2.75) is 71.6 Å². The molecule has 3 N–H and O–H groups in total. The third-order valence-electron chi connectivity index (χ3n) is 10.0. The molecule has 0 aliphatic carbocycles. The Morgan fingerprint density at radius 2 is 1.73 bits per heavy atom. The van der Waals surface area contributed by atoms with Crippen LogP contribution in [0.3, 0.4) is 0 Å². The highest BCUT2D eigenvalue weighted by molar-refractivity contribution is 9.10. The van der Waals surface area contributed by atoms with Crippen LogP contribution < -0.4 is 26.2 Å². The van der Waals surface area contributed by atoms with E-state index in [2.05, 4.69) is 51.9 Å². The highest BCUT2D eigenvalue weighted by atomic mass is 79.9. The first-order chi connectivity index (χ1) is 27.8. The van der Waals surface area contributed by atoms with Gasteiger partial charge in [0.1, 0.15) is 21.7 Å². The van der Waals surface area contributed by atoms with E-state index in [1.807, 2.05) is 33.9 Å². The van der Waals surface area contributed by atoms with Gasteiger partial charge in [0.15, 0.2) is 5.69 Å². The van der Waals surface area contributed by atoms with E-state index >= 15 is 0 Å². The Kier molecular flexibility index (Phi) is 13.2. The van der Waals surface area contributed by atoms with Crippen LogP contribution in [0.25, 0.3) is 0 Å². The fourth-order valence-electron chi connectivity index (χ4n) is 6.19. The fraction of sp³-hybridized carbons (Fsp3) is 0.486. The molecule has 318 valence electrons. The zero-order chi connectivity index (χ0) is 42.8. The number of pyridine rings is 1. The van der Waals surface area contributed by atoms with Crippen molar-refractivity contribution in [3.8, 4) is 5.75 Å². The number of anilines is 4. The van der Waals surface area contributed by atoms with Crippen LogP contribution in [0.15, 0.2) is 53.5 Å². The third kappa shape index (κ3) is 10.3. The minimum atomic E-state index is -4.84. The second-order valence-corrected chi connectivity index (χ2v) is 18.0. The highest BCUT2D eigenvalue weighted by Gasteiger charge is 2.52. The lowest BCUT2D eigenvalue weighted by atomic mass is 9.82. The Hall–Kier alpha value is -4.11. The number of rotatable bonds is 17. The largest absolute Gasteiger partial charge is 0.498 e. The monoisotopic (exact) mass is 908 g/mol. The summed E-state index contributed by atoms with van der Waals surface area (Å²) in [4.78, 5) is 24.8. The molecule has 22 heteroatoms. The summed E-state index contributed by atoms with van der Waals surface area (Å²) in [6, 6.07) is 7.72. The summed E-state index contributed by atoms with van der Waals surface area (Å²) < 4.78 is 94.0. The van der Waals surface area contributed by atoms with Crippen molar-refractivity contribution in [3.05, 3.63) is 70.3 Å². The molecular formula is C37H46BBrF3N8O8P. The number of amides is 1. The van der Waals surface area contributed by atoms with Crippen LogP contribution >= 0.6 is 23.5 Å². The molecule has 1 amide bonds. The summed E-state index contributed by atoms with van der Waals surface area (Å²) in [7, 11) is -2.90. The lowest BCUT2D eigenvalue weighted by Crippen LogP contribution is -2.49. The maximum absolute atomic E-state index is 14.2. The predicted molar refractivity (Wildman–Crippen MR) is 217 cm³/mol. The molecular weight excluding hydrogens is 863 g/mol. The smallest absolute Gasteiger partial charge is 0.495 e. The number of aromatic nitrogens is 5. The Labute approximate surface area is 348 Å². The van der Waals surface area contributed by atoms with Crippen molar-refractivity contribution in [2.24, 2.45) is 5.41 Å². The van der Waals surface area contributed by atoms with Crippen LogP contribution in [0.4, 0.5) is 36.3 Å². The molecule has 2 fully saturated rings. The summed E-state index contributed by atoms with van der Waals surface area (Å²) in [5.74, 6) is -1.18. The number of hydrogen-bond acceptors (Lipinski definition) is 14. The van der Waals surface area contributed by atoms with Gasteiger partial charge < -0.3 is 43.8 Å². The van der Waals surface area contributed by atoms with Gasteiger partial charge in [-0.3, -0.25) is 14.0 Å². The number of ether oxygens (including phenoxy) is 2. The van der Waals surface area contributed by atoms with Crippen LogP contribution in [0, 0.1) is 5.41 Å². The molecule has 59 heavy (non-hydrogen) atoms. The van der Waals surface area contributed by atoms with Crippen molar-refractivity contribution in [2.75, 3.05) is 50.7 Å². The van der Waals surface area contributed by atoms with Crippen molar-refractivity contribution >= 4 is 65.2 Å². The Morgan fingerprint density at radius 1 is 1.02 bits per heavy atom. The van der Waals surface area contributed by atoms with Crippen molar-refractivity contribution in [1.29, 1.82) is 0 Å². The van der Waals surface area contributed by atoms with E-state index < -0.39 is 54.8 Å². The maximum Gasteiger partial charge on any atom is 0.498 e. The summed E-state index contributed by atoms with van der Waals surface area (Å²) in [6.45, 7) is 12.9. The maximum atomic E-state index is 14.2. The summed E-state index contributed by atoms with van der Waals surface area (Å²) in [5.41, 5.74) is -1.24. The molecule has 4 aromatic rings. The average Bonchev–Trinajstić information content (AvgIpc) is 3.70.